The lowest BCUT2D eigenvalue weighted by Gasteiger charge is -2.15. The van der Waals surface area contributed by atoms with Crippen molar-refractivity contribution in [1.82, 2.24) is 14.6 Å². The van der Waals surface area contributed by atoms with E-state index in [9.17, 15) is 18.0 Å². The first-order chi connectivity index (χ1) is 10.5. The SMILES string of the molecule is O=C(CNS(=O)(=O)c1ccc2[nH]c(=O)oc2c1)N1CCCC1. The van der Waals surface area contributed by atoms with Gasteiger partial charge in [-0.15, -0.1) is 0 Å². The molecule has 1 fully saturated rings. The molecule has 1 amide bonds. The summed E-state index contributed by atoms with van der Waals surface area (Å²) < 4.78 is 31.5. The van der Waals surface area contributed by atoms with Crippen LogP contribution in [-0.4, -0.2) is 43.8 Å². The van der Waals surface area contributed by atoms with Crippen LogP contribution in [0.1, 0.15) is 12.8 Å². The zero-order chi connectivity index (χ0) is 15.7. The number of likely N-dealkylation sites (tertiary alicyclic amines) is 1. The first kappa shape index (κ1) is 14.8. The smallest absolute Gasteiger partial charge is 0.408 e. The Labute approximate surface area is 126 Å². The van der Waals surface area contributed by atoms with Crippen LogP contribution < -0.4 is 10.5 Å². The van der Waals surface area contributed by atoms with Crippen LogP contribution in [0.4, 0.5) is 0 Å². The molecule has 3 rings (SSSR count). The molecule has 0 radical (unpaired) electrons. The Morgan fingerprint density at radius 3 is 2.77 bits per heavy atom. The van der Waals surface area contributed by atoms with Crippen molar-refractivity contribution in [1.29, 1.82) is 0 Å². The number of hydrogen-bond acceptors (Lipinski definition) is 5. The van der Waals surface area contributed by atoms with E-state index in [4.69, 9.17) is 4.42 Å². The van der Waals surface area contributed by atoms with Gasteiger partial charge in [0.15, 0.2) is 5.58 Å². The molecule has 0 bridgehead atoms. The number of benzene rings is 1. The third-order valence-corrected chi connectivity index (χ3v) is 4.97. The van der Waals surface area contributed by atoms with E-state index in [1.165, 1.54) is 18.2 Å². The first-order valence-electron chi connectivity index (χ1n) is 6.86. The molecule has 118 valence electrons. The van der Waals surface area contributed by atoms with Gasteiger partial charge in [0.25, 0.3) is 0 Å². The molecule has 2 heterocycles. The molecule has 2 aromatic rings. The number of fused-ring (bicyclic) bond motifs is 1. The monoisotopic (exact) mass is 325 g/mol. The molecule has 0 saturated carbocycles. The summed E-state index contributed by atoms with van der Waals surface area (Å²) in [6, 6.07) is 4.03. The highest BCUT2D eigenvalue weighted by Gasteiger charge is 2.21. The topological polar surface area (TPSA) is 112 Å². The predicted octanol–water partition coefficient (Wildman–Crippen LogP) is 0.0218. The lowest BCUT2D eigenvalue weighted by atomic mass is 10.3. The number of aromatic nitrogens is 1. The summed E-state index contributed by atoms with van der Waals surface area (Å²) in [7, 11) is -3.84. The van der Waals surface area contributed by atoms with Crippen molar-refractivity contribution in [3.63, 3.8) is 0 Å². The van der Waals surface area contributed by atoms with Crippen molar-refractivity contribution in [2.45, 2.75) is 17.7 Å². The fourth-order valence-electron chi connectivity index (χ4n) is 2.41. The fourth-order valence-corrected chi connectivity index (χ4v) is 3.40. The number of hydrogen-bond donors (Lipinski definition) is 2. The summed E-state index contributed by atoms with van der Waals surface area (Å²) in [6.45, 7) is 1.06. The van der Waals surface area contributed by atoms with Crippen molar-refractivity contribution in [3.8, 4) is 0 Å². The van der Waals surface area contributed by atoms with Gasteiger partial charge in [0.1, 0.15) is 0 Å². The first-order valence-corrected chi connectivity index (χ1v) is 8.34. The average Bonchev–Trinajstić information content (AvgIpc) is 3.12. The third-order valence-electron chi connectivity index (χ3n) is 3.57. The van der Waals surface area contributed by atoms with Gasteiger partial charge in [-0.3, -0.25) is 9.78 Å². The van der Waals surface area contributed by atoms with E-state index in [0.29, 0.717) is 18.6 Å². The van der Waals surface area contributed by atoms with Crippen molar-refractivity contribution in [3.05, 3.63) is 28.7 Å². The molecule has 0 unspecified atom stereocenters. The van der Waals surface area contributed by atoms with Gasteiger partial charge in [0, 0.05) is 19.2 Å². The molecule has 0 aliphatic carbocycles. The normalized spacial score (nSPS) is 15.5. The molecule has 9 heteroatoms. The highest BCUT2D eigenvalue weighted by Crippen LogP contribution is 2.16. The minimum atomic E-state index is -3.84. The highest BCUT2D eigenvalue weighted by atomic mass is 32.2. The Kier molecular flexibility index (Phi) is 3.75. The van der Waals surface area contributed by atoms with Gasteiger partial charge in [0.05, 0.1) is 17.0 Å². The van der Waals surface area contributed by atoms with Crippen molar-refractivity contribution in [2.24, 2.45) is 0 Å². The number of aromatic amines is 1. The van der Waals surface area contributed by atoms with Crippen molar-refractivity contribution < 1.29 is 17.6 Å². The molecule has 1 aromatic carbocycles. The van der Waals surface area contributed by atoms with Crippen LogP contribution in [0.2, 0.25) is 0 Å². The second-order valence-corrected chi connectivity index (χ2v) is 6.85. The quantitative estimate of drug-likeness (QED) is 0.823. The van der Waals surface area contributed by atoms with Gasteiger partial charge in [-0.25, -0.2) is 17.9 Å². The van der Waals surface area contributed by atoms with Gasteiger partial charge >= 0.3 is 5.76 Å². The summed E-state index contributed by atoms with van der Waals surface area (Å²) in [5.74, 6) is -0.892. The summed E-state index contributed by atoms with van der Waals surface area (Å²) in [6.07, 6.45) is 1.89. The second kappa shape index (κ2) is 5.58. The molecule has 1 aromatic heterocycles. The minimum Gasteiger partial charge on any atom is -0.408 e. The van der Waals surface area contributed by atoms with Gasteiger partial charge in [-0.1, -0.05) is 0 Å². The van der Waals surface area contributed by atoms with E-state index < -0.39 is 15.8 Å². The number of carbonyl (C=O) groups is 1. The number of nitrogens with zero attached hydrogens (tertiary/aromatic N) is 1. The number of amides is 1. The fraction of sp³-hybridized carbons (Fsp3) is 0.385. The van der Waals surface area contributed by atoms with E-state index in [0.717, 1.165) is 12.8 Å². The third kappa shape index (κ3) is 2.90. The molecule has 1 aliphatic rings. The molecule has 8 nitrogen and oxygen atoms in total. The summed E-state index contributed by atoms with van der Waals surface area (Å²) in [5, 5.41) is 0. The van der Waals surface area contributed by atoms with E-state index in [-0.39, 0.29) is 22.9 Å². The molecule has 1 aliphatic heterocycles. The van der Waals surface area contributed by atoms with Gasteiger partial charge in [-0.05, 0) is 25.0 Å². The van der Waals surface area contributed by atoms with E-state index in [1.807, 2.05) is 0 Å². The van der Waals surface area contributed by atoms with E-state index in [2.05, 4.69) is 9.71 Å². The number of H-pyrrole nitrogens is 1. The lowest BCUT2D eigenvalue weighted by Crippen LogP contribution is -2.38. The number of nitrogens with one attached hydrogen (secondary N) is 2. The Balaban J connectivity index is 1.75. The predicted molar refractivity (Wildman–Crippen MR) is 77.8 cm³/mol. The van der Waals surface area contributed by atoms with Crippen LogP contribution in [0.5, 0.6) is 0 Å². The molecule has 0 spiro atoms. The largest absolute Gasteiger partial charge is 0.417 e. The Morgan fingerprint density at radius 2 is 2.05 bits per heavy atom. The average molecular weight is 325 g/mol. The van der Waals surface area contributed by atoms with Crippen LogP contribution in [0.3, 0.4) is 0 Å². The minimum absolute atomic E-state index is 0.0584. The maximum Gasteiger partial charge on any atom is 0.417 e. The molecule has 0 atom stereocenters. The van der Waals surface area contributed by atoms with E-state index >= 15 is 0 Å². The maximum atomic E-state index is 12.2. The number of rotatable bonds is 4. The Bertz CT molecular complexity index is 861. The number of oxazole rings is 1. The molecular weight excluding hydrogens is 310 g/mol. The van der Waals surface area contributed by atoms with Crippen molar-refractivity contribution >= 4 is 27.0 Å². The van der Waals surface area contributed by atoms with Crippen LogP contribution in [-0.2, 0) is 14.8 Å². The zero-order valence-corrected chi connectivity index (χ0v) is 12.5. The van der Waals surface area contributed by atoms with Crippen LogP contribution in [0.25, 0.3) is 11.1 Å². The number of sulfonamides is 1. The standard InChI is InChI=1S/C13H15N3O5S/c17-12(16-5-1-2-6-16)8-14-22(19,20)9-3-4-10-11(7-9)21-13(18)15-10/h3-4,7,14H,1-2,5-6,8H2,(H,15,18). The summed E-state index contributed by atoms with van der Waals surface area (Å²) >= 11 is 0. The Morgan fingerprint density at radius 1 is 1.32 bits per heavy atom. The Hall–Kier alpha value is -2.13. The molecule has 1 saturated heterocycles. The lowest BCUT2D eigenvalue weighted by molar-refractivity contribution is -0.128. The van der Waals surface area contributed by atoms with Gasteiger partial charge < -0.3 is 9.32 Å². The van der Waals surface area contributed by atoms with Gasteiger partial charge in [0.2, 0.25) is 15.9 Å². The van der Waals surface area contributed by atoms with E-state index in [1.54, 1.807) is 4.90 Å². The molecule has 22 heavy (non-hydrogen) atoms. The maximum absolute atomic E-state index is 12.2. The van der Waals surface area contributed by atoms with Gasteiger partial charge in [-0.2, -0.15) is 0 Å². The van der Waals surface area contributed by atoms with Crippen LogP contribution in [0.15, 0.2) is 32.3 Å². The number of carbonyl (C=O) groups excluding carboxylic acids is 1. The van der Waals surface area contributed by atoms with Crippen LogP contribution >= 0.6 is 0 Å². The zero-order valence-electron chi connectivity index (χ0n) is 11.7. The van der Waals surface area contributed by atoms with Crippen LogP contribution in [0, 0.1) is 0 Å². The van der Waals surface area contributed by atoms with Crippen molar-refractivity contribution in [2.75, 3.05) is 19.6 Å². The molecule has 2 N–H and O–H groups in total. The highest BCUT2D eigenvalue weighted by molar-refractivity contribution is 7.89. The summed E-state index contributed by atoms with van der Waals surface area (Å²) in [4.78, 5) is 27.0. The molecular formula is C13H15N3O5S. The second-order valence-electron chi connectivity index (χ2n) is 5.08. The summed E-state index contributed by atoms with van der Waals surface area (Å²) in [5.41, 5.74) is 0.566.